The summed E-state index contributed by atoms with van der Waals surface area (Å²) in [5.41, 5.74) is 0. The zero-order chi connectivity index (χ0) is 11.2. The van der Waals surface area contributed by atoms with E-state index in [0.717, 1.165) is 5.92 Å². The van der Waals surface area contributed by atoms with Crippen LogP contribution in [0.2, 0.25) is 0 Å². The van der Waals surface area contributed by atoms with Crippen molar-refractivity contribution >= 4 is 0 Å². The molecule has 94 valence electrons. The van der Waals surface area contributed by atoms with Crippen molar-refractivity contribution in [2.45, 2.75) is 26.2 Å². The molecule has 1 N–H and O–H groups in total. The van der Waals surface area contributed by atoms with E-state index >= 15 is 0 Å². The second-order valence-electron chi connectivity index (χ2n) is 5.49. The Bertz CT molecular complexity index is 186. The maximum atomic E-state index is 3.47. The van der Waals surface area contributed by atoms with Crippen LogP contribution in [0, 0.1) is 5.92 Å². The van der Waals surface area contributed by atoms with Crippen molar-refractivity contribution in [2.24, 2.45) is 5.92 Å². The lowest BCUT2D eigenvalue weighted by molar-refractivity contribution is 0.157. The molecule has 2 rings (SSSR count). The molecule has 0 aromatic carbocycles. The number of nitrogens with zero attached hydrogens (tertiary/aromatic N) is 2. The molecule has 2 fully saturated rings. The summed E-state index contributed by atoms with van der Waals surface area (Å²) in [5, 5.41) is 3.47. The molecule has 0 spiro atoms. The molecule has 16 heavy (non-hydrogen) atoms. The normalized spacial score (nSPS) is 30.2. The molecule has 2 aliphatic rings. The Balaban J connectivity index is 1.65. The molecule has 0 amide bonds. The van der Waals surface area contributed by atoms with Gasteiger partial charge in [-0.15, -0.1) is 0 Å². The van der Waals surface area contributed by atoms with Gasteiger partial charge in [0, 0.05) is 32.7 Å². The van der Waals surface area contributed by atoms with E-state index in [1.54, 1.807) is 0 Å². The van der Waals surface area contributed by atoms with E-state index in [4.69, 9.17) is 0 Å². The number of hydrogen-bond donors (Lipinski definition) is 1. The van der Waals surface area contributed by atoms with Gasteiger partial charge in [-0.1, -0.05) is 6.92 Å². The minimum atomic E-state index is 0.916. The van der Waals surface area contributed by atoms with Crippen molar-refractivity contribution in [2.75, 3.05) is 52.4 Å². The van der Waals surface area contributed by atoms with Crippen molar-refractivity contribution in [1.29, 1.82) is 0 Å². The Morgan fingerprint density at radius 2 is 1.81 bits per heavy atom. The van der Waals surface area contributed by atoms with Crippen LogP contribution in [-0.2, 0) is 0 Å². The van der Waals surface area contributed by atoms with Crippen LogP contribution in [0.1, 0.15) is 26.2 Å². The lowest BCUT2D eigenvalue weighted by Crippen LogP contribution is -2.41. The van der Waals surface area contributed by atoms with Crippen molar-refractivity contribution in [3.63, 3.8) is 0 Å². The molecular weight excluding hydrogens is 198 g/mol. The van der Waals surface area contributed by atoms with Crippen LogP contribution in [0.25, 0.3) is 0 Å². The minimum absolute atomic E-state index is 0.916. The second kappa shape index (κ2) is 6.58. The van der Waals surface area contributed by atoms with E-state index < -0.39 is 0 Å². The van der Waals surface area contributed by atoms with Crippen molar-refractivity contribution in [3.8, 4) is 0 Å². The molecule has 1 unspecified atom stereocenters. The van der Waals surface area contributed by atoms with Gasteiger partial charge in [0.25, 0.3) is 0 Å². The molecule has 0 aromatic rings. The molecule has 3 nitrogen and oxygen atoms in total. The molecule has 0 aliphatic carbocycles. The molecule has 0 bridgehead atoms. The average Bonchev–Trinajstić information content (AvgIpc) is 2.55. The fraction of sp³-hybridized carbons (Fsp3) is 1.00. The third-order valence-corrected chi connectivity index (χ3v) is 3.91. The smallest absolute Gasteiger partial charge is 0.0110 e. The van der Waals surface area contributed by atoms with Gasteiger partial charge < -0.3 is 15.1 Å². The lowest BCUT2D eigenvalue weighted by Gasteiger charge is -2.32. The van der Waals surface area contributed by atoms with Crippen LogP contribution in [0.5, 0.6) is 0 Å². The first-order valence-electron chi connectivity index (χ1n) is 7.00. The summed E-state index contributed by atoms with van der Waals surface area (Å²) in [4.78, 5) is 5.28. The van der Waals surface area contributed by atoms with Gasteiger partial charge >= 0.3 is 0 Å². The van der Waals surface area contributed by atoms with E-state index in [1.807, 2.05) is 0 Å². The van der Waals surface area contributed by atoms with Gasteiger partial charge in [0.2, 0.25) is 0 Å². The highest BCUT2D eigenvalue weighted by atomic mass is 15.2. The summed E-state index contributed by atoms with van der Waals surface area (Å²) in [5.74, 6) is 0.916. The second-order valence-corrected chi connectivity index (χ2v) is 5.49. The number of piperidine rings is 1. The van der Waals surface area contributed by atoms with E-state index in [9.17, 15) is 0 Å². The fourth-order valence-electron chi connectivity index (χ4n) is 2.90. The van der Waals surface area contributed by atoms with Crippen molar-refractivity contribution < 1.29 is 0 Å². The summed E-state index contributed by atoms with van der Waals surface area (Å²) < 4.78 is 0. The quantitative estimate of drug-likeness (QED) is 0.773. The molecule has 3 heteroatoms. The van der Waals surface area contributed by atoms with Gasteiger partial charge in [-0.05, 0) is 44.8 Å². The van der Waals surface area contributed by atoms with Crippen LogP contribution >= 0.6 is 0 Å². The van der Waals surface area contributed by atoms with Gasteiger partial charge in [0.15, 0.2) is 0 Å². The Labute approximate surface area is 100 Å². The zero-order valence-corrected chi connectivity index (χ0v) is 10.7. The van der Waals surface area contributed by atoms with E-state index in [0.29, 0.717) is 0 Å². The van der Waals surface area contributed by atoms with Crippen molar-refractivity contribution in [3.05, 3.63) is 0 Å². The highest BCUT2D eigenvalue weighted by molar-refractivity contribution is 4.72. The molecule has 1 atom stereocenters. The van der Waals surface area contributed by atoms with E-state index in [-0.39, 0.29) is 0 Å². The molecule has 2 saturated heterocycles. The molecule has 2 heterocycles. The lowest BCUT2D eigenvalue weighted by atomic mass is 10.0. The van der Waals surface area contributed by atoms with Gasteiger partial charge in [-0.3, -0.25) is 0 Å². The SMILES string of the molecule is CC1CCCN(CCN2CCCNCC2)C1. The average molecular weight is 225 g/mol. The minimum Gasteiger partial charge on any atom is -0.315 e. The van der Waals surface area contributed by atoms with Gasteiger partial charge in [0.1, 0.15) is 0 Å². The largest absolute Gasteiger partial charge is 0.315 e. The Morgan fingerprint density at radius 1 is 1.00 bits per heavy atom. The fourth-order valence-corrected chi connectivity index (χ4v) is 2.90. The first-order chi connectivity index (χ1) is 7.84. The van der Waals surface area contributed by atoms with Crippen molar-refractivity contribution in [1.82, 2.24) is 15.1 Å². The maximum absolute atomic E-state index is 3.47. The first-order valence-corrected chi connectivity index (χ1v) is 7.00. The maximum Gasteiger partial charge on any atom is 0.0110 e. The Morgan fingerprint density at radius 3 is 2.69 bits per heavy atom. The third-order valence-electron chi connectivity index (χ3n) is 3.91. The molecular formula is C13H27N3. The van der Waals surface area contributed by atoms with Crippen LogP contribution < -0.4 is 5.32 Å². The molecule has 0 aromatic heterocycles. The predicted molar refractivity (Wildman–Crippen MR) is 68.8 cm³/mol. The monoisotopic (exact) mass is 225 g/mol. The first kappa shape index (κ1) is 12.3. The number of hydrogen-bond acceptors (Lipinski definition) is 3. The predicted octanol–water partition coefficient (Wildman–Crippen LogP) is 1.01. The highest BCUT2D eigenvalue weighted by Gasteiger charge is 2.17. The molecule has 2 aliphatic heterocycles. The number of rotatable bonds is 3. The van der Waals surface area contributed by atoms with Crippen LogP contribution in [0.15, 0.2) is 0 Å². The number of nitrogens with one attached hydrogen (secondary N) is 1. The number of likely N-dealkylation sites (tertiary alicyclic amines) is 1. The topological polar surface area (TPSA) is 18.5 Å². The zero-order valence-electron chi connectivity index (χ0n) is 10.7. The summed E-state index contributed by atoms with van der Waals surface area (Å²) in [6, 6.07) is 0. The standard InChI is InChI=1S/C13H27N3/c1-13-4-2-7-16(12-13)11-10-15-8-3-5-14-6-9-15/h13-14H,2-12H2,1H3. The summed E-state index contributed by atoms with van der Waals surface area (Å²) in [7, 11) is 0. The van der Waals surface area contributed by atoms with Crippen LogP contribution in [0.3, 0.4) is 0 Å². The Hall–Kier alpha value is -0.120. The van der Waals surface area contributed by atoms with Gasteiger partial charge in [-0.2, -0.15) is 0 Å². The van der Waals surface area contributed by atoms with Gasteiger partial charge in [-0.25, -0.2) is 0 Å². The summed E-state index contributed by atoms with van der Waals surface area (Å²) >= 11 is 0. The molecule has 0 radical (unpaired) electrons. The van der Waals surface area contributed by atoms with E-state index in [1.165, 1.54) is 71.6 Å². The van der Waals surface area contributed by atoms with Crippen LogP contribution in [-0.4, -0.2) is 62.2 Å². The Kier molecular flexibility index (Phi) is 5.07. The highest BCUT2D eigenvalue weighted by Crippen LogP contribution is 2.14. The summed E-state index contributed by atoms with van der Waals surface area (Å²) in [6.07, 6.45) is 4.16. The van der Waals surface area contributed by atoms with Gasteiger partial charge in [0.05, 0.1) is 0 Å². The van der Waals surface area contributed by atoms with E-state index in [2.05, 4.69) is 22.0 Å². The summed E-state index contributed by atoms with van der Waals surface area (Å²) in [6.45, 7) is 12.5. The molecule has 0 saturated carbocycles. The third kappa shape index (κ3) is 4.04. The van der Waals surface area contributed by atoms with Crippen LogP contribution in [0.4, 0.5) is 0 Å².